The Bertz CT molecular complexity index is 1050. The summed E-state index contributed by atoms with van der Waals surface area (Å²) in [5.74, 6) is 1.64. The van der Waals surface area contributed by atoms with Gasteiger partial charge in [0.05, 0.1) is 11.4 Å². The summed E-state index contributed by atoms with van der Waals surface area (Å²) < 4.78 is 2.08. The molecule has 1 amide bonds. The molecule has 32 heavy (non-hydrogen) atoms. The molecular formula is C25H31N5OS. The molecule has 2 aromatic heterocycles. The number of carbonyl (C=O) groups excluding carboxylic acids is 1. The fraction of sp³-hybridized carbons (Fsp3) is 0.440. The van der Waals surface area contributed by atoms with Gasteiger partial charge in [-0.2, -0.15) is 0 Å². The second-order valence-corrected chi connectivity index (χ2v) is 9.47. The van der Waals surface area contributed by atoms with Crippen molar-refractivity contribution in [3.8, 4) is 17.1 Å². The number of likely N-dealkylation sites (tertiary alicyclic amines) is 1. The number of thioether (sulfide) groups is 1. The first-order chi connectivity index (χ1) is 15.6. The minimum atomic E-state index is 0.191. The largest absolute Gasteiger partial charge is 0.339 e. The number of nitrogens with zero attached hydrogens (tertiary/aromatic N) is 5. The number of amides is 1. The number of pyridine rings is 1. The molecule has 0 aliphatic carbocycles. The average Bonchev–Trinajstić information content (AvgIpc) is 3.26. The lowest BCUT2D eigenvalue weighted by molar-refractivity contribution is -0.132. The zero-order valence-electron chi connectivity index (χ0n) is 19.1. The van der Waals surface area contributed by atoms with E-state index in [4.69, 9.17) is 0 Å². The lowest BCUT2D eigenvalue weighted by atomic mass is 10.0. The number of aromatic nitrogens is 4. The summed E-state index contributed by atoms with van der Waals surface area (Å²) in [6, 6.07) is 12.6. The van der Waals surface area contributed by atoms with Crippen LogP contribution < -0.4 is 0 Å². The zero-order valence-corrected chi connectivity index (χ0v) is 19.9. The van der Waals surface area contributed by atoms with Gasteiger partial charge in [-0.05, 0) is 55.4 Å². The van der Waals surface area contributed by atoms with Gasteiger partial charge in [0.15, 0.2) is 11.0 Å². The zero-order chi connectivity index (χ0) is 22.5. The Morgan fingerprint density at radius 2 is 2.00 bits per heavy atom. The van der Waals surface area contributed by atoms with E-state index >= 15 is 0 Å². The van der Waals surface area contributed by atoms with E-state index in [0.717, 1.165) is 48.0 Å². The van der Waals surface area contributed by atoms with Crippen molar-refractivity contribution in [2.24, 2.45) is 0 Å². The van der Waals surface area contributed by atoms with Crippen LogP contribution >= 0.6 is 11.8 Å². The highest BCUT2D eigenvalue weighted by Crippen LogP contribution is 2.32. The number of hydrogen-bond donors (Lipinski definition) is 0. The molecule has 0 bridgehead atoms. The number of rotatable bonds is 7. The van der Waals surface area contributed by atoms with Crippen molar-refractivity contribution in [2.75, 3.05) is 12.3 Å². The maximum Gasteiger partial charge on any atom is 0.233 e. The van der Waals surface area contributed by atoms with Crippen LogP contribution in [-0.4, -0.2) is 48.9 Å². The number of benzene rings is 1. The third-order valence-electron chi connectivity index (χ3n) is 6.10. The Balaban J connectivity index is 1.67. The highest BCUT2D eigenvalue weighted by molar-refractivity contribution is 7.99. The standard InChI is InChI=1S/C25H31N5OS/c1-4-20-11-7-8-15-29(20)23(31)17-32-25-28-27-24(19-10-9-14-26-16-19)30(25)22-13-6-5-12-21(22)18(2)3/h5-6,9-10,12-14,16,18,20H,4,7-8,11,15,17H2,1-3H3. The Morgan fingerprint density at radius 1 is 1.16 bits per heavy atom. The van der Waals surface area contributed by atoms with E-state index in [0.29, 0.717) is 17.7 Å². The van der Waals surface area contributed by atoms with Gasteiger partial charge in [-0.25, -0.2) is 0 Å². The summed E-state index contributed by atoms with van der Waals surface area (Å²) in [7, 11) is 0. The third kappa shape index (κ3) is 4.72. The highest BCUT2D eigenvalue weighted by Gasteiger charge is 2.26. The minimum absolute atomic E-state index is 0.191. The van der Waals surface area contributed by atoms with Crippen LogP contribution in [0.3, 0.4) is 0 Å². The summed E-state index contributed by atoms with van der Waals surface area (Å²) in [5.41, 5.74) is 3.16. The molecule has 3 heterocycles. The maximum absolute atomic E-state index is 13.1. The SMILES string of the molecule is CCC1CCCCN1C(=O)CSc1nnc(-c2cccnc2)n1-c1ccccc1C(C)C. The molecule has 1 aliphatic heterocycles. The predicted molar refractivity (Wildman–Crippen MR) is 129 cm³/mol. The van der Waals surface area contributed by atoms with Gasteiger partial charge in [0.1, 0.15) is 0 Å². The average molecular weight is 450 g/mol. The molecule has 1 aliphatic rings. The summed E-state index contributed by atoms with van der Waals surface area (Å²) in [6.07, 6.45) is 7.98. The smallest absolute Gasteiger partial charge is 0.233 e. The van der Waals surface area contributed by atoms with Crippen LogP contribution in [-0.2, 0) is 4.79 Å². The molecule has 1 unspecified atom stereocenters. The van der Waals surface area contributed by atoms with E-state index in [-0.39, 0.29) is 5.91 Å². The van der Waals surface area contributed by atoms with Crippen LogP contribution in [0.2, 0.25) is 0 Å². The van der Waals surface area contributed by atoms with E-state index in [9.17, 15) is 4.79 Å². The fourth-order valence-corrected chi connectivity index (χ4v) is 5.24. The molecule has 0 spiro atoms. The molecule has 1 saturated heterocycles. The first-order valence-corrected chi connectivity index (χ1v) is 12.5. The van der Waals surface area contributed by atoms with Crippen molar-refractivity contribution in [2.45, 2.75) is 63.6 Å². The molecule has 4 rings (SSSR count). The third-order valence-corrected chi connectivity index (χ3v) is 7.01. The van der Waals surface area contributed by atoms with Gasteiger partial charge in [-0.3, -0.25) is 14.3 Å². The van der Waals surface area contributed by atoms with Crippen molar-refractivity contribution >= 4 is 17.7 Å². The van der Waals surface area contributed by atoms with Crippen LogP contribution in [0, 0.1) is 0 Å². The van der Waals surface area contributed by atoms with Crippen molar-refractivity contribution in [1.29, 1.82) is 0 Å². The molecular weight excluding hydrogens is 418 g/mol. The van der Waals surface area contributed by atoms with E-state index in [1.807, 2.05) is 18.2 Å². The predicted octanol–water partition coefficient (Wildman–Crippen LogP) is 5.34. The van der Waals surface area contributed by atoms with Crippen molar-refractivity contribution in [3.05, 3.63) is 54.4 Å². The van der Waals surface area contributed by atoms with Gasteiger partial charge >= 0.3 is 0 Å². The second kappa shape index (κ2) is 10.3. The van der Waals surface area contributed by atoms with E-state index < -0.39 is 0 Å². The topological polar surface area (TPSA) is 63.9 Å². The Hall–Kier alpha value is -2.67. The van der Waals surface area contributed by atoms with E-state index in [1.54, 1.807) is 12.4 Å². The van der Waals surface area contributed by atoms with E-state index in [1.165, 1.54) is 23.7 Å². The number of para-hydroxylation sites is 1. The summed E-state index contributed by atoms with van der Waals surface area (Å²) in [5, 5.41) is 9.75. The minimum Gasteiger partial charge on any atom is -0.339 e. The highest BCUT2D eigenvalue weighted by atomic mass is 32.2. The molecule has 3 aromatic rings. The van der Waals surface area contributed by atoms with Gasteiger partial charge in [-0.15, -0.1) is 10.2 Å². The van der Waals surface area contributed by atoms with Crippen molar-refractivity contribution < 1.29 is 4.79 Å². The summed E-state index contributed by atoms with van der Waals surface area (Å²) in [6.45, 7) is 7.40. The maximum atomic E-state index is 13.1. The lowest BCUT2D eigenvalue weighted by Gasteiger charge is -2.35. The number of carbonyl (C=O) groups is 1. The van der Waals surface area contributed by atoms with Crippen LogP contribution in [0.25, 0.3) is 17.1 Å². The lowest BCUT2D eigenvalue weighted by Crippen LogP contribution is -2.44. The number of hydrogen-bond acceptors (Lipinski definition) is 5. The molecule has 7 heteroatoms. The second-order valence-electron chi connectivity index (χ2n) is 8.53. The summed E-state index contributed by atoms with van der Waals surface area (Å²) in [4.78, 5) is 19.4. The van der Waals surface area contributed by atoms with Gasteiger partial charge in [0.25, 0.3) is 0 Å². The van der Waals surface area contributed by atoms with Crippen LogP contribution in [0.1, 0.15) is 57.9 Å². The monoisotopic (exact) mass is 449 g/mol. The van der Waals surface area contributed by atoms with Crippen LogP contribution in [0.5, 0.6) is 0 Å². The van der Waals surface area contributed by atoms with Gasteiger partial charge < -0.3 is 4.90 Å². The Morgan fingerprint density at radius 3 is 2.75 bits per heavy atom. The van der Waals surface area contributed by atoms with Gasteiger partial charge in [0, 0.05) is 30.5 Å². The molecule has 1 atom stereocenters. The molecule has 6 nitrogen and oxygen atoms in total. The molecule has 168 valence electrons. The van der Waals surface area contributed by atoms with Crippen molar-refractivity contribution in [3.63, 3.8) is 0 Å². The van der Waals surface area contributed by atoms with Crippen molar-refractivity contribution in [1.82, 2.24) is 24.6 Å². The van der Waals surface area contributed by atoms with Crippen LogP contribution in [0.4, 0.5) is 0 Å². The fourth-order valence-electron chi connectivity index (χ4n) is 4.40. The normalized spacial score (nSPS) is 16.5. The molecule has 1 fully saturated rings. The molecule has 0 radical (unpaired) electrons. The summed E-state index contributed by atoms with van der Waals surface area (Å²) >= 11 is 1.47. The molecule has 0 N–H and O–H groups in total. The van der Waals surface area contributed by atoms with Gasteiger partial charge in [-0.1, -0.05) is 50.7 Å². The Labute approximate surface area is 194 Å². The van der Waals surface area contributed by atoms with Gasteiger partial charge in [0.2, 0.25) is 5.91 Å². The first-order valence-electron chi connectivity index (χ1n) is 11.5. The van der Waals surface area contributed by atoms with E-state index in [2.05, 4.69) is 63.6 Å². The molecule has 0 saturated carbocycles. The quantitative estimate of drug-likeness (QED) is 0.456. The number of piperidine rings is 1. The Kier molecular flexibility index (Phi) is 7.25. The van der Waals surface area contributed by atoms with Crippen LogP contribution in [0.15, 0.2) is 53.9 Å². The molecule has 1 aromatic carbocycles. The first kappa shape index (κ1) is 22.5.